The number of nitrogens with one attached hydrogen (secondary N) is 2. The second-order valence-corrected chi connectivity index (χ2v) is 14.1. The van der Waals surface area contributed by atoms with Gasteiger partial charge >= 0.3 is 24.0 Å². The Morgan fingerprint density at radius 3 is 2.00 bits per heavy atom. The van der Waals surface area contributed by atoms with E-state index < -0.39 is 83.2 Å². The molecule has 52 heavy (non-hydrogen) atoms. The molecule has 2 aliphatic heterocycles. The van der Waals surface area contributed by atoms with Crippen molar-refractivity contribution in [3.63, 3.8) is 0 Å². The first-order valence-corrected chi connectivity index (χ1v) is 17.3. The fraction of sp³-hybridized carbons (Fsp3) is 0.639. The molecule has 4 amide bonds. The summed E-state index contributed by atoms with van der Waals surface area (Å²) < 4.78 is 26.1. The van der Waals surface area contributed by atoms with Crippen LogP contribution in [0, 0.1) is 0 Å². The molecule has 2 unspecified atom stereocenters. The number of likely N-dealkylation sites (tertiary alicyclic amines) is 2. The molecular formula is C36H52N4O12. The van der Waals surface area contributed by atoms with Crippen LogP contribution in [0.3, 0.4) is 0 Å². The van der Waals surface area contributed by atoms with E-state index in [1.807, 2.05) is 0 Å². The van der Waals surface area contributed by atoms with E-state index in [1.54, 1.807) is 45.0 Å². The fourth-order valence-corrected chi connectivity index (χ4v) is 6.67. The van der Waals surface area contributed by atoms with Crippen LogP contribution in [0.2, 0.25) is 0 Å². The van der Waals surface area contributed by atoms with Gasteiger partial charge in [-0.3, -0.25) is 24.0 Å². The predicted octanol–water partition coefficient (Wildman–Crippen LogP) is 2.04. The predicted molar refractivity (Wildman–Crippen MR) is 185 cm³/mol. The maximum Gasteiger partial charge on any atom is 0.408 e. The molecule has 1 aromatic carbocycles. The molecule has 3 rings (SSSR count). The molecule has 288 valence electrons. The van der Waals surface area contributed by atoms with Crippen molar-refractivity contribution in [2.24, 2.45) is 0 Å². The maximum atomic E-state index is 14.7. The van der Waals surface area contributed by atoms with Crippen molar-refractivity contribution >= 4 is 41.7 Å². The molecule has 0 spiro atoms. The molecule has 2 aliphatic rings. The van der Waals surface area contributed by atoms with Crippen LogP contribution in [0.4, 0.5) is 4.79 Å². The number of carbonyl (C=O) groups excluding carboxylic acids is 7. The summed E-state index contributed by atoms with van der Waals surface area (Å²) in [6.07, 6.45) is -1.76. The van der Waals surface area contributed by atoms with Gasteiger partial charge in [-0.2, -0.15) is 0 Å². The van der Waals surface area contributed by atoms with Crippen molar-refractivity contribution in [3.05, 3.63) is 29.8 Å². The zero-order valence-electron chi connectivity index (χ0n) is 31.4. The normalized spacial score (nSPS) is 20.8. The molecular weight excluding hydrogens is 680 g/mol. The Hall–Kier alpha value is -4.89. The zero-order valence-corrected chi connectivity index (χ0v) is 31.4. The molecule has 6 atom stereocenters. The molecule has 0 radical (unpaired) electrons. The first kappa shape index (κ1) is 41.5. The largest absolute Gasteiger partial charge is 0.497 e. The maximum absolute atomic E-state index is 14.7. The minimum Gasteiger partial charge on any atom is -0.497 e. The van der Waals surface area contributed by atoms with Gasteiger partial charge < -0.3 is 44.1 Å². The second kappa shape index (κ2) is 17.6. The number of rotatable bonds is 13. The van der Waals surface area contributed by atoms with Crippen LogP contribution in [0.1, 0.15) is 79.7 Å². The van der Waals surface area contributed by atoms with E-state index in [0.29, 0.717) is 24.2 Å². The van der Waals surface area contributed by atoms with Crippen LogP contribution in [0.25, 0.3) is 0 Å². The summed E-state index contributed by atoms with van der Waals surface area (Å²) in [6, 6.07) is 3.17. The Labute approximate surface area is 304 Å². The van der Waals surface area contributed by atoms with Crippen LogP contribution in [-0.2, 0) is 54.1 Å². The van der Waals surface area contributed by atoms with E-state index in [-0.39, 0.29) is 32.4 Å². The molecule has 0 aliphatic carbocycles. The average Bonchev–Trinajstić information content (AvgIpc) is 3.72. The highest BCUT2D eigenvalue weighted by Crippen LogP contribution is 2.36. The standard InChI is InChI=1S/C36H52N4O12/c1-21(50-23(3)41)28(38-34(47)52-35(5,6)7)31(44)39-18-10-12-27(39)30(43)40-19-11-17-36(40,20-25-13-15-26(48-8)16-14-25)33(46)37-29(32(45)49-9)22(2)51-24(4)42/h13-16,21-22,27-29H,10-12,17-20H2,1-9H3,(H,37,46)(H,38,47)/t21-,22-,27?,28+,29+,36?/m1/s1. The summed E-state index contributed by atoms with van der Waals surface area (Å²) in [5.74, 6) is -3.46. The monoisotopic (exact) mass is 732 g/mol. The van der Waals surface area contributed by atoms with Crippen LogP contribution < -0.4 is 15.4 Å². The van der Waals surface area contributed by atoms with Gasteiger partial charge in [-0.15, -0.1) is 0 Å². The van der Waals surface area contributed by atoms with E-state index >= 15 is 0 Å². The lowest BCUT2D eigenvalue weighted by atomic mass is 9.86. The molecule has 0 aromatic heterocycles. The van der Waals surface area contributed by atoms with E-state index in [2.05, 4.69) is 10.6 Å². The summed E-state index contributed by atoms with van der Waals surface area (Å²) in [4.78, 5) is 95.5. The summed E-state index contributed by atoms with van der Waals surface area (Å²) in [6.45, 7) is 10.5. The number of carbonyl (C=O) groups is 7. The van der Waals surface area contributed by atoms with Gasteiger partial charge in [0.25, 0.3) is 0 Å². The van der Waals surface area contributed by atoms with Crippen LogP contribution in [-0.4, -0.2) is 120 Å². The SMILES string of the molecule is COC(=O)[C@@H](NC(=O)C1(Cc2ccc(OC)cc2)CCCN1C(=O)C1CCCN1C(=O)[C@@H](NC(=O)OC(C)(C)C)[C@@H](C)OC(C)=O)[C@@H](C)OC(C)=O. The number of hydrogen-bond acceptors (Lipinski definition) is 12. The van der Waals surface area contributed by atoms with Crippen LogP contribution in [0.5, 0.6) is 5.75 Å². The third-order valence-corrected chi connectivity index (χ3v) is 8.98. The molecule has 1 aromatic rings. The van der Waals surface area contributed by atoms with Crippen molar-refractivity contribution in [2.45, 2.75) is 122 Å². The highest BCUT2D eigenvalue weighted by atomic mass is 16.6. The van der Waals surface area contributed by atoms with Crippen molar-refractivity contribution in [1.29, 1.82) is 0 Å². The van der Waals surface area contributed by atoms with E-state index in [9.17, 15) is 33.6 Å². The molecule has 0 saturated carbocycles. The summed E-state index contributed by atoms with van der Waals surface area (Å²) in [5.41, 5.74) is -1.74. The lowest BCUT2D eigenvalue weighted by Gasteiger charge is -2.41. The Morgan fingerprint density at radius 2 is 1.46 bits per heavy atom. The molecule has 16 heteroatoms. The average molecular weight is 733 g/mol. The van der Waals surface area contributed by atoms with Gasteiger partial charge in [-0.05, 0) is 78.0 Å². The van der Waals surface area contributed by atoms with Crippen LogP contribution in [0.15, 0.2) is 24.3 Å². The molecule has 16 nitrogen and oxygen atoms in total. The first-order valence-electron chi connectivity index (χ1n) is 17.3. The minimum absolute atomic E-state index is 0.0391. The number of nitrogens with zero attached hydrogens (tertiary/aromatic N) is 2. The van der Waals surface area contributed by atoms with E-state index in [4.69, 9.17) is 23.7 Å². The molecule has 2 saturated heterocycles. The number of alkyl carbamates (subject to hydrolysis) is 1. The fourth-order valence-electron chi connectivity index (χ4n) is 6.67. The number of ether oxygens (including phenoxy) is 5. The molecule has 2 heterocycles. The smallest absolute Gasteiger partial charge is 0.408 e. The molecule has 0 bridgehead atoms. The first-order chi connectivity index (χ1) is 24.3. The van der Waals surface area contributed by atoms with Crippen LogP contribution >= 0.6 is 0 Å². The molecule has 2 fully saturated rings. The number of hydrogen-bond donors (Lipinski definition) is 2. The van der Waals surface area contributed by atoms with E-state index in [1.165, 1.54) is 44.6 Å². The third-order valence-electron chi connectivity index (χ3n) is 8.98. The number of esters is 3. The Morgan fingerprint density at radius 1 is 0.865 bits per heavy atom. The lowest BCUT2D eigenvalue weighted by Crippen LogP contribution is -2.65. The van der Waals surface area contributed by atoms with Gasteiger partial charge in [0.1, 0.15) is 41.2 Å². The van der Waals surface area contributed by atoms with Gasteiger partial charge in [0.05, 0.1) is 14.2 Å². The van der Waals surface area contributed by atoms with Gasteiger partial charge in [0.15, 0.2) is 6.04 Å². The van der Waals surface area contributed by atoms with Gasteiger partial charge in [0, 0.05) is 33.4 Å². The van der Waals surface area contributed by atoms with Gasteiger partial charge in [-0.25, -0.2) is 9.59 Å². The Kier molecular flexibility index (Phi) is 14.0. The summed E-state index contributed by atoms with van der Waals surface area (Å²) >= 11 is 0. The Bertz CT molecular complexity index is 1490. The number of benzene rings is 1. The van der Waals surface area contributed by atoms with Gasteiger partial charge in [0.2, 0.25) is 17.7 Å². The van der Waals surface area contributed by atoms with Gasteiger partial charge in [-0.1, -0.05) is 12.1 Å². The molecule has 2 N–H and O–H groups in total. The summed E-state index contributed by atoms with van der Waals surface area (Å²) in [7, 11) is 2.66. The highest BCUT2D eigenvalue weighted by Gasteiger charge is 2.54. The van der Waals surface area contributed by atoms with Crippen molar-refractivity contribution in [2.75, 3.05) is 27.3 Å². The quantitative estimate of drug-likeness (QED) is 0.222. The third kappa shape index (κ3) is 10.3. The van der Waals surface area contributed by atoms with Crippen molar-refractivity contribution < 1.29 is 57.2 Å². The number of amides is 4. The summed E-state index contributed by atoms with van der Waals surface area (Å²) in [5, 5.41) is 5.21. The second-order valence-electron chi connectivity index (χ2n) is 14.1. The minimum atomic E-state index is -1.54. The van der Waals surface area contributed by atoms with Crippen molar-refractivity contribution in [1.82, 2.24) is 20.4 Å². The van der Waals surface area contributed by atoms with Crippen molar-refractivity contribution in [3.8, 4) is 5.75 Å². The zero-order chi connectivity index (χ0) is 39.0. The topological polar surface area (TPSA) is 196 Å². The highest BCUT2D eigenvalue weighted by molar-refractivity contribution is 5.98. The Balaban J connectivity index is 2.02. The lowest BCUT2D eigenvalue weighted by molar-refractivity contribution is -0.159. The van der Waals surface area contributed by atoms with E-state index in [0.717, 1.165) is 7.11 Å². The number of methoxy groups -OCH3 is 2.